The Morgan fingerprint density at radius 1 is 1.43 bits per heavy atom. The number of nitrogens with zero attached hydrogens (tertiary/aromatic N) is 3. The molecule has 0 amide bonds. The molecule has 4 rings (SSSR count). The number of hydrogen-bond acceptors (Lipinski definition) is 5. The first-order chi connectivity index (χ1) is 10.1. The number of aliphatic hydroxyl groups excluding tert-OH is 1. The van der Waals surface area contributed by atoms with Crippen molar-refractivity contribution in [2.45, 2.75) is 32.4 Å². The van der Waals surface area contributed by atoms with Crippen molar-refractivity contribution in [1.29, 1.82) is 0 Å². The van der Waals surface area contributed by atoms with Crippen LogP contribution in [-0.4, -0.2) is 38.6 Å². The molecule has 3 atom stereocenters. The van der Waals surface area contributed by atoms with Gasteiger partial charge < -0.3 is 5.11 Å². The lowest BCUT2D eigenvalue weighted by molar-refractivity contribution is 0.123. The highest BCUT2D eigenvalue weighted by Crippen LogP contribution is 2.38. The maximum absolute atomic E-state index is 12.2. The first-order valence-electron chi connectivity index (χ1n) is 7.49. The molecule has 2 aliphatic rings. The fourth-order valence-corrected chi connectivity index (χ4v) is 4.76. The van der Waals surface area contributed by atoms with Crippen molar-refractivity contribution in [3.8, 4) is 0 Å². The Morgan fingerprint density at radius 3 is 3.10 bits per heavy atom. The number of thiazole rings is 1. The standard InChI is InChI=1S/C15H19N3O2S/c1-9-8-21-15-16-11(4-14(20)18(9)15)6-17-5-10-2-3-13(19)12(10)7-17/h4,8,10,12-13,19H,2-3,5-7H2,1H3. The van der Waals surface area contributed by atoms with Gasteiger partial charge in [-0.15, -0.1) is 11.3 Å². The number of aliphatic hydroxyl groups is 1. The Hall–Kier alpha value is -1.24. The van der Waals surface area contributed by atoms with E-state index >= 15 is 0 Å². The third kappa shape index (κ3) is 2.22. The summed E-state index contributed by atoms with van der Waals surface area (Å²) >= 11 is 1.51. The van der Waals surface area contributed by atoms with Crippen LogP contribution in [0.3, 0.4) is 0 Å². The molecule has 21 heavy (non-hydrogen) atoms. The van der Waals surface area contributed by atoms with E-state index in [1.165, 1.54) is 11.3 Å². The summed E-state index contributed by atoms with van der Waals surface area (Å²) in [6, 6.07) is 1.65. The summed E-state index contributed by atoms with van der Waals surface area (Å²) in [6.07, 6.45) is 1.94. The first-order valence-corrected chi connectivity index (χ1v) is 8.37. The van der Waals surface area contributed by atoms with Gasteiger partial charge in [-0.25, -0.2) is 4.98 Å². The van der Waals surface area contributed by atoms with Crippen LogP contribution in [0.2, 0.25) is 0 Å². The van der Waals surface area contributed by atoms with Crippen LogP contribution in [0, 0.1) is 18.8 Å². The molecule has 1 saturated heterocycles. The van der Waals surface area contributed by atoms with Crippen LogP contribution in [0.5, 0.6) is 0 Å². The summed E-state index contributed by atoms with van der Waals surface area (Å²) < 4.78 is 1.66. The Kier molecular flexibility index (Phi) is 3.13. The van der Waals surface area contributed by atoms with Gasteiger partial charge in [-0.1, -0.05) is 0 Å². The zero-order valence-corrected chi connectivity index (χ0v) is 12.8. The average Bonchev–Trinajstić information content (AvgIpc) is 3.08. The molecule has 0 spiro atoms. The van der Waals surface area contributed by atoms with Crippen molar-refractivity contribution in [2.75, 3.05) is 13.1 Å². The number of hydrogen-bond donors (Lipinski definition) is 1. The number of rotatable bonds is 2. The molecule has 3 heterocycles. The summed E-state index contributed by atoms with van der Waals surface area (Å²) in [5.74, 6) is 1.03. The van der Waals surface area contributed by atoms with Crippen molar-refractivity contribution in [2.24, 2.45) is 11.8 Å². The van der Waals surface area contributed by atoms with Gasteiger partial charge >= 0.3 is 0 Å². The predicted octanol–water partition coefficient (Wildman–Crippen LogP) is 1.27. The third-order valence-electron chi connectivity index (χ3n) is 4.91. The van der Waals surface area contributed by atoms with Gasteiger partial charge in [0, 0.05) is 42.7 Å². The minimum atomic E-state index is -0.138. The second-order valence-corrected chi connectivity index (χ2v) is 7.18. The molecule has 1 saturated carbocycles. The van der Waals surface area contributed by atoms with Crippen LogP contribution in [-0.2, 0) is 6.54 Å². The normalized spacial score (nSPS) is 29.3. The minimum Gasteiger partial charge on any atom is -0.393 e. The van der Waals surface area contributed by atoms with Crippen LogP contribution in [0.4, 0.5) is 0 Å². The number of aromatic nitrogens is 2. The summed E-state index contributed by atoms with van der Waals surface area (Å²) in [6.45, 7) is 4.58. The molecular weight excluding hydrogens is 286 g/mol. The molecule has 1 N–H and O–H groups in total. The lowest BCUT2D eigenvalue weighted by Gasteiger charge is -2.17. The largest absolute Gasteiger partial charge is 0.393 e. The second kappa shape index (κ2) is 4.90. The van der Waals surface area contributed by atoms with Gasteiger partial charge in [0.05, 0.1) is 11.8 Å². The van der Waals surface area contributed by atoms with Gasteiger partial charge in [-0.05, 0) is 25.7 Å². The van der Waals surface area contributed by atoms with E-state index in [2.05, 4.69) is 9.88 Å². The molecule has 2 fully saturated rings. The smallest absolute Gasteiger partial charge is 0.259 e. The van der Waals surface area contributed by atoms with Gasteiger partial charge in [0.25, 0.3) is 5.56 Å². The van der Waals surface area contributed by atoms with Crippen LogP contribution in [0.15, 0.2) is 16.2 Å². The molecule has 6 heteroatoms. The zero-order chi connectivity index (χ0) is 14.6. The van der Waals surface area contributed by atoms with Crippen LogP contribution < -0.4 is 5.56 Å². The van der Waals surface area contributed by atoms with E-state index in [1.807, 2.05) is 12.3 Å². The van der Waals surface area contributed by atoms with E-state index in [-0.39, 0.29) is 11.7 Å². The third-order valence-corrected chi connectivity index (χ3v) is 5.85. The molecular formula is C15H19N3O2S. The summed E-state index contributed by atoms with van der Waals surface area (Å²) in [5.41, 5.74) is 1.79. The number of fused-ring (bicyclic) bond motifs is 2. The van der Waals surface area contributed by atoms with E-state index in [9.17, 15) is 9.90 Å². The van der Waals surface area contributed by atoms with Gasteiger partial charge in [0.1, 0.15) is 0 Å². The molecule has 0 aromatic carbocycles. The lowest BCUT2D eigenvalue weighted by Crippen LogP contribution is -2.26. The van der Waals surface area contributed by atoms with E-state index in [1.54, 1.807) is 10.5 Å². The molecule has 2 aromatic rings. The summed E-state index contributed by atoms with van der Waals surface area (Å²) in [4.78, 5) is 19.9. The maximum Gasteiger partial charge on any atom is 0.259 e. The fourth-order valence-electron chi connectivity index (χ4n) is 3.87. The average molecular weight is 305 g/mol. The Morgan fingerprint density at radius 2 is 2.29 bits per heavy atom. The molecule has 5 nitrogen and oxygen atoms in total. The summed E-state index contributed by atoms with van der Waals surface area (Å²) in [7, 11) is 0. The molecule has 1 aliphatic heterocycles. The highest BCUT2D eigenvalue weighted by Gasteiger charge is 2.41. The highest BCUT2D eigenvalue weighted by atomic mass is 32.1. The highest BCUT2D eigenvalue weighted by molar-refractivity contribution is 7.15. The van der Waals surface area contributed by atoms with E-state index in [4.69, 9.17) is 0 Å². The van der Waals surface area contributed by atoms with Crippen LogP contribution in [0.1, 0.15) is 24.2 Å². The number of aryl methyl sites for hydroxylation is 1. The first kappa shape index (κ1) is 13.4. The molecule has 1 aliphatic carbocycles. The lowest BCUT2D eigenvalue weighted by atomic mass is 10.00. The zero-order valence-electron chi connectivity index (χ0n) is 12.0. The minimum absolute atomic E-state index is 0.00757. The van der Waals surface area contributed by atoms with Gasteiger partial charge in [0.15, 0.2) is 4.96 Å². The molecule has 2 aromatic heterocycles. The maximum atomic E-state index is 12.2. The fraction of sp³-hybridized carbons (Fsp3) is 0.600. The van der Waals surface area contributed by atoms with E-state index < -0.39 is 0 Å². The Labute approximate surface area is 126 Å². The molecule has 3 unspecified atom stereocenters. The Bertz CT molecular complexity index is 738. The topological polar surface area (TPSA) is 57.8 Å². The Balaban J connectivity index is 1.57. The van der Waals surface area contributed by atoms with E-state index in [0.717, 1.165) is 42.3 Å². The van der Waals surface area contributed by atoms with Crippen LogP contribution in [0.25, 0.3) is 4.96 Å². The quantitative estimate of drug-likeness (QED) is 0.908. The van der Waals surface area contributed by atoms with Crippen molar-refractivity contribution in [3.63, 3.8) is 0 Å². The van der Waals surface area contributed by atoms with Crippen molar-refractivity contribution in [1.82, 2.24) is 14.3 Å². The van der Waals surface area contributed by atoms with Gasteiger partial charge in [-0.3, -0.25) is 14.1 Å². The van der Waals surface area contributed by atoms with Crippen molar-refractivity contribution < 1.29 is 5.11 Å². The SMILES string of the molecule is Cc1csc2nc(CN3CC4CCC(O)C4C3)cc(=O)n12. The van der Waals surface area contributed by atoms with Gasteiger partial charge in [-0.2, -0.15) is 0 Å². The number of likely N-dealkylation sites (tertiary alicyclic amines) is 1. The second-order valence-electron chi connectivity index (χ2n) is 6.34. The van der Waals surface area contributed by atoms with Crippen molar-refractivity contribution >= 4 is 16.3 Å². The summed E-state index contributed by atoms with van der Waals surface area (Å²) in [5, 5.41) is 11.9. The molecule has 112 valence electrons. The predicted molar refractivity (Wildman–Crippen MR) is 81.6 cm³/mol. The molecule has 0 bridgehead atoms. The van der Waals surface area contributed by atoms with Gasteiger partial charge in [0.2, 0.25) is 0 Å². The molecule has 0 radical (unpaired) electrons. The van der Waals surface area contributed by atoms with E-state index in [0.29, 0.717) is 18.4 Å². The monoisotopic (exact) mass is 305 g/mol. The van der Waals surface area contributed by atoms with Crippen LogP contribution >= 0.6 is 11.3 Å². The van der Waals surface area contributed by atoms with Crippen molar-refractivity contribution in [3.05, 3.63) is 33.2 Å².